The van der Waals surface area contributed by atoms with Crippen molar-refractivity contribution in [3.63, 3.8) is 0 Å². The van der Waals surface area contributed by atoms with Crippen LogP contribution in [0.3, 0.4) is 0 Å². The van der Waals surface area contributed by atoms with Gasteiger partial charge in [0.05, 0.1) is 11.8 Å². The zero-order valence-corrected chi connectivity index (χ0v) is 8.77. The zero-order chi connectivity index (χ0) is 11.3. The van der Waals surface area contributed by atoms with Gasteiger partial charge in [-0.05, 0) is 12.1 Å². The predicted octanol–water partition coefficient (Wildman–Crippen LogP) is 1.90. The fraction of sp³-hybridized carbons (Fsp3) is 0.222. The number of carbonyl (C=O) groups excluding carboxylic acids is 1. The van der Waals surface area contributed by atoms with Crippen molar-refractivity contribution in [1.82, 2.24) is 0 Å². The molecule has 1 aromatic carbocycles. The van der Waals surface area contributed by atoms with Crippen LogP contribution in [0, 0.1) is 10.1 Å². The smallest absolute Gasteiger partial charge is 0.389 e. The van der Waals surface area contributed by atoms with Crippen molar-refractivity contribution in [3.8, 4) is 0 Å². The molecular weight excluding hydrogens is 218 g/mol. The van der Waals surface area contributed by atoms with E-state index in [9.17, 15) is 14.9 Å². The lowest BCUT2D eigenvalue weighted by Gasteiger charge is -2.17. The van der Waals surface area contributed by atoms with Crippen LogP contribution in [0.1, 0.15) is 6.92 Å². The molecule has 1 rings (SSSR count). The van der Waals surface area contributed by atoms with Gasteiger partial charge in [-0.25, -0.2) is 0 Å². The van der Waals surface area contributed by atoms with Crippen molar-refractivity contribution in [2.24, 2.45) is 0 Å². The van der Waals surface area contributed by atoms with Crippen molar-refractivity contribution in [1.29, 1.82) is 0 Å². The Bertz CT molecular complexity index is 356. The van der Waals surface area contributed by atoms with E-state index in [4.69, 9.17) is 0 Å². The molecule has 1 atom stereocenters. The molecule has 0 saturated heterocycles. The number of hydrogen-bond donors (Lipinski definition) is 0. The minimum Gasteiger partial charge on any atom is -0.389 e. The van der Waals surface area contributed by atoms with Crippen molar-refractivity contribution >= 4 is 18.2 Å². The van der Waals surface area contributed by atoms with Crippen molar-refractivity contribution < 1.29 is 14.5 Å². The third-order valence-electron chi connectivity index (χ3n) is 1.65. The molecular formula is C9H9NO4S. The van der Waals surface area contributed by atoms with Gasteiger partial charge in [-0.1, -0.05) is 18.2 Å². The van der Waals surface area contributed by atoms with Gasteiger partial charge in [-0.15, -0.1) is 0 Å². The highest BCUT2D eigenvalue weighted by Crippen LogP contribution is 2.33. The molecule has 80 valence electrons. The summed E-state index contributed by atoms with van der Waals surface area (Å²) in [7, 11) is 0. The molecule has 1 unspecified atom stereocenters. The van der Waals surface area contributed by atoms with E-state index in [1.165, 1.54) is 6.92 Å². The Balaban J connectivity index is 2.84. The summed E-state index contributed by atoms with van der Waals surface area (Å²) in [6.07, 6.45) is 0. The van der Waals surface area contributed by atoms with Crippen LogP contribution in [0.5, 0.6) is 0 Å². The first-order chi connectivity index (χ1) is 7.08. The van der Waals surface area contributed by atoms with Crippen LogP contribution in [0.4, 0.5) is 0 Å². The summed E-state index contributed by atoms with van der Waals surface area (Å²) in [5.74, 6) is 0. The van der Waals surface area contributed by atoms with Gasteiger partial charge in [-0.2, -0.15) is 0 Å². The highest BCUT2D eigenvalue weighted by atomic mass is 32.2. The first-order valence-corrected chi connectivity index (χ1v) is 4.90. The van der Waals surface area contributed by atoms with Crippen molar-refractivity contribution in [3.05, 3.63) is 40.4 Å². The number of hydrogen-bond acceptors (Lipinski definition) is 5. The van der Waals surface area contributed by atoms with Gasteiger partial charge in [0, 0.05) is 16.7 Å². The second-order valence-corrected chi connectivity index (χ2v) is 4.22. The zero-order valence-electron chi connectivity index (χ0n) is 7.95. The Morgan fingerprint density at radius 1 is 1.47 bits per heavy atom. The third-order valence-corrected chi connectivity index (χ3v) is 2.78. The molecule has 15 heavy (non-hydrogen) atoms. The molecule has 0 aliphatic heterocycles. The molecule has 1 aromatic rings. The van der Waals surface area contributed by atoms with E-state index >= 15 is 0 Å². The van der Waals surface area contributed by atoms with Gasteiger partial charge in [0.1, 0.15) is 0 Å². The molecule has 0 aliphatic rings. The molecule has 0 spiro atoms. The molecule has 0 aliphatic carbocycles. The highest BCUT2D eigenvalue weighted by Gasteiger charge is 2.41. The average molecular weight is 227 g/mol. The second-order valence-electron chi connectivity index (χ2n) is 2.78. The summed E-state index contributed by atoms with van der Waals surface area (Å²) in [6.45, 7) is 1.32. The van der Waals surface area contributed by atoms with Crippen LogP contribution in [0.15, 0.2) is 35.2 Å². The Kier molecular flexibility index (Phi) is 3.68. The van der Waals surface area contributed by atoms with Gasteiger partial charge in [0.15, 0.2) is 0 Å². The fourth-order valence-electron chi connectivity index (χ4n) is 0.901. The van der Waals surface area contributed by atoms with Gasteiger partial charge in [0.2, 0.25) is 0 Å². The largest absolute Gasteiger partial charge is 0.416 e. The lowest BCUT2D eigenvalue weighted by atomic mass is 10.4. The maximum Gasteiger partial charge on any atom is 0.416 e. The van der Waals surface area contributed by atoms with Gasteiger partial charge < -0.3 is 4.74 Å². The average Bonchev–Trinajstić information content (AvgIpc) is 2.19. The molecule has 0 fully saturated rings. The van der Waals surface area contributed by atoms with E-state index in [-0.39, 0.29) is 6.47 Å². The van der Waals surface area contributed by atoms with Crippen LogP contribution >= 0.6 is 11.8 Å². The molecule has 0 aromatic heterocycles. The normalized spacial score (nSPS) is 13.9. The van der Waals surface area contributed by atoms with E-state index in [0.717, 1.165) is 11.8 Å². The maximum absolute atomic E-state index is 10.7. The van der Waals surface area contributed by atoms with Crippen molar-refractivity contribution in [2.75, 3.05) is 0 Å². The van der Waals surface area contributed by atoms with Gasteiger partial charge in [-0.3, -0.25) is 14.9 Å². The molecule has 0 amide bonds. The molecule has 0 heterocycles. The van der Waals surface area contributed by atoms with Gasteiger partial charge in [0.25, 0.3) is 6.47 Å². The summed E-state index contributed by atoms with van der Waals surface area (Å²) in [5.41, 5.74) is 0. The molecule has 6 heteroatoms. The lowest BCUT2D eigenvalue weighted by Crippen LogP contribution is -2.33. The lowest BCUT2D eigenvalue weighted by molar-refractivity contribution is -0.579. The van der Waals surface area contributed by atoms with Crippen LogP contribution < -0.4 is 0 Å². The molecule has 0 radical (unpaired) electrons. The standard InChI is InChI=1S/C9H9NO4S/c1-9(10(12)13,14-7-11)15-8-5-3-2-4-6-8/h2-7H,1H3. The summed E-state index contributed by atoms with van der Waals surface area (Å²) < 4.78 is 4.48. The molecule has 0 bridgehead atoms. The van der Waals surface area contributed by atoms with Crippen LogP contribution in [0.2, 0.25) is 0 Å². The van der Waals surface area contributed by atoms with Crippen LogP contribution in [-0.4, -0.2) is 16.5 Å². The maximum atomic E-state index is 10.7. The number of benzene rings is 1. The van der Waals surface area contributed by atoms with Crippen LogP contribution in [-0.2, 0) is 9.53 Å². The monoisotopic (exact) mass is 227 g/mol. The predicted molar refractivity (Wildman–Crippen MR) is 54.8 cm³/mol. The van der Waals surface area contributed by atoms with E-state index in [1.54, 1.807) is 30.3 Å². The number of ether oxygens (including phenoxy) is 1. The summed E-state index contributed by atoms with van der Waals surface area (Å²) >= 11 is 0.871. The third kappa shape index (κ3) is 2.95. The Morgan fingerprint density at radius 3 is 2.53 bits per heavy atom. The number of rotatable bonds is 5. The first kappa shape index (κ1) is 11.5. The number of nitro groups is 1. The number of thioether (sulfide) groups is 1. The number of carbonyl (C=O) groups is 1. The van der Waals surface area contributed by atoms with E-state index < -0.39 is 9.98 Å². The van der Waals surface area contributed by atoms with Gasteiger partial charge >= 0.3 is 5.06 Å². The van der Waals surface area contributed by atoms with Crippen molar-refractivity contribution in [2.45, 2.75) is 16.9 Å². The summed E-state index contributed by atoms with van der Waals surface area (Å²) in [4.78, 5) is 20.9. The van der Waals surface area contributed by atoms with E-state index in [1.807, 2.05) is 0 Å². The topological polar surface area (TPSA) is 69.4 Å². The first-order valence-electron chi connectivity index (χ1n) is 4.08. The minimum absolute atomic E-state index is 0.0821. The van der Waals surface area contributed by atoms with E-state index in [0.29, 0.717) is 4.90 Å². The molecule has 5 nitrogen and oxygen atoms in total. The van der Waals surface area contributed by atoms with E-state index in [2.05, 4.69) is 4.74 Å². The quantitative estimate of drug-likeness (QED) is 0.252. The van der Waals surface area contributed by atoms with Crippen LogP contribution in [0.25, 0.3) is 0 Å². The highest BCUT2D eigenvalue weighted by molar-refractivity contribution is 8.00. The number of nitrogens with zero attached hydrogens (tertiary/aromatic N) is 1. The molecule has 0 saturated carbocycles. The second kappa shape index (κ2) is 4.79. The molecule has 0 N–H and O–H groups in total. The SMILES string of the molecule is CC(OC=O)(Sc1ccccc1)[N+](=O)[O-]. The summed E-state index contributed by atoms with van der Waals surface area (Å²) in [5, 5.41) is 8.94. The fourth-order valence-corrected chi connectivity index (χ4v) is 1.79. The summed E-state index contributed by atoms with van der Waals surface area (Å²) in [6, 6.07) is 8.72. The Hall–Kier alpha value is -1.56. The Morgan fingerprint density at radius 2 is 2.07 bits per heavy atom. The Labute approximate surface area is 90.6 Å². The minimum atomic E-state index is -1.77.